The number of halogens is 1. The number of Topliss-reactive ketones (excluding diaryl/α,β-unsaturated/α-hetero) is 1. The summed E-state index contributed by atoms with van der Waals surface area (Å²) < 4.78 is 16.7. The summed E-state index contributed by atoms with van der Waals surface area (Å²) in [6, 6.07) is 14.9. The number of para-hydroxylation sites is 1. The topological polar surface area (TPSA) is 98.1 Å². The number of ketones is 1. The molecule has 2 heterocycles. The number of nitrogens with one attached hydrogen (secondary N) is 1. The second kappa shape index (κ2) is 10.4. The quantitative estimate of drug-likeness (QED) is 0.457. The number of furan rings is 1. The van der Waals surface area contributed by atoms with E-state index >= 15 is 0 Å². The number of carbonyl (C=O) groups is 3. The molecule has 9 heteroatoms. The molecule has 2 aromatic carbocycles. The van der Waals surface area contributed by atoms with Gasteiger partial charge in [0.15, 0.2) is 24.8 Å². The molecule has 2 amide bonds. The van der Waals surface area contributed by atoms with Crippen molar-refractivity contribution in [2.45, 2.75) is 19.9 Å². The minimum Gasteiger partial charge on any atom is -0.484 e. The number of hydrogen-bond donors (Lipinski definition) is 1. The van der Waals surface area contributed by atoms with E-state index in [4.69, 9.17) is 25.5 Å². The van der Waals surface area contributed by atoms with Gasteiger partial charge in [-0.15, -0.1) is 0 Å². The first-order valence-corrected chi connectivity index (χ1v) is 11.2. The number of hydrogen-bond acceptors (Lipinski definition) is 6. The Balaban J connectivity index is 1.50. The van der Waals surface area contributed by atoms with Gasteiger partial charge in [0.1, 0.15) is 17.3 Å². The predicted octanol–water partition coefficient (Wildman–Crippen LogP) is 4.26. The third-order valence-corrected chi connectivity index (χ3v) is 5.47. The van der Waals surface area contributed by atoms with E-state index in [1.165, 1.54) is 4.90 Å². The Morgan fingerprint density at radius 2 is 1.97 bits per heavy atom. The highest BCUT2D eigenvalue weighted by molar-refractivity contribution is 6.32. The van der Waals surface area contributed by atoms with Crippen LogP contribution in [0, 0.1) is 0 Å². The van der Waals surface area contributed by atoms with Gasteiger partial charge in [0, 0.05) is 12.1 Å². The molecule has 1 aliphatic rings. The molecule has 1 aromatic heterocycles. The van der Waals surface area contributed by atoms with Crippen LogP contribution in [0.5, 0.6) is 11.5 Å². The molecule has 3 aromatic rings. The maximum atomic E-state index is 12.8. The highest BCUT2D eigenvalue weighted by Gasteiger charge is 2.28. The van der Waals surface area contributed by atoms with Crippen LogP contribution in [-0.4, -0.2) is 37.4 Å². The molecule has 1 aliphatic heterocycles. The SMILES string of the molecule is CCCNC(=O)c1ccc(CN2C(=O)COc3ccc(C(=O)COc4ccccc4Cl)cc32)o1. The Labute approximate surface area is 201 Å². The predicted molar refractivity (Wildman–Crippen MR) is 126 cm³/mol. The van der Waals surface area contributed by atoms with E-state index in [9.17, 15) is 14.4 Å². The molecule has 0 spiro atoms. The third-order valence-electron chi connectivity index (χ3n) is 5.15. The second-order valence-electron chi connectivity index (χ2n) is 7.62. The van der Waals surface area contributed by atoms with Gasteiger partial charge in [0.2, 0.25) is 0 Å². The zero-order valence-corrected chi connectivity index (χ0v) is 19.3. The van der Waals surface area contributed by atoms with Gasteiger partial charge in [-0.2, -0.15) is 0 Å². The van der Waals surface area contributed by atoms with Crippen molar-refractivity contribution in [3.8, 4) is 11.5 Å². The smallest absolute Gasteiger partial charge is 0.286 e. The third kappa shape index (κ3) is 5.23. The molecule has 8 nitrogen and oxygen atoms in total. The molecule has 0 atom stereocenters. The monoisotopic (exact) mass is 482 g/mol. The van der Waals surface area contributed by atoms with Crippen molar-refractivity contribution in [3.05, 3.63) is 76.7 Å². The number of carbonyl (C=O) groups excluding carboxylic acids is 3. The minimum atomic E-state index is -0.312. The van der Waals surface area contributed by atoms with E-state index in [-0.39, 0.29) is 43.1 Å². The average Bonchev–Trinajstić information content (AvgIpc) is 3.32. The van der Waals surface area contributed by atoms with Crippen molar-refractivity contribution in [2.24, 2.45) is 0 Å². The van der Waals surface area contributed by atoms with Gasteiger partial charge in [-0.25, -0.2) is 0 Å². The van der Waals surface area contributed by atoms with Crippen molar-refractivity contribution in [1.82, 2.24) is 5.32 Å². The van der Waals surface area contributed by atoms with E-state index in [1.807, 2.05) is 6.92 Å². The van der Waals surface area contributed by atoms with Crippen LogP contribution < -0.4 is 19.7 Å². The molecule has 1 N–H and O–H groups in total. The van der Waals surface area contributed by atoms with E-state index < -0.39 is 0 Å². The summed E-state index contributed by atoms with van der Waals surface area (Å²) >= 11 is 6.08. The summed E-state index contributed by atoms with van der Waals surface area (Å²) in [4.78, 5) is 39.0. The lowest BCUT2D eigenvalue weighted by atomic mass is 10.1. The van der Waals surface area contributed by atoms with Gasteiger partial charge in [0.05, 0.1) is 17.3 Å². The molecule has 4 rings (SSSR count). The molecule has 0 aliphatic carbocycles. The molecular weight excluding hydrogens is 460 g/mol. The average molecular weight is 483 g/mol. The zero-order chi connectivity index (χ0) is 24.1. The van der Waals surface area contributed by atoms with Crippen LogP contribution in [0.3, 0.4) is 0 Å². The van der Waals surface area contributed by atoms with Crippen molar-refractivity contribution in [3.63, 3.8) is 0 Å². The first-order valence-electron chi connectivity index (χ1n) is 10.8. The Kier molecular flexibility index (Phi) is 7.18. The fraction of sp³-hybridized carbons (Fsp3) is 0.240. The van der Waals surface area contributed by atoms with Crippen molar-refractivity contribution >= 4 is 34.9 Å². The highest BCUT2D eigenvalue weighted by atomic mass is 35.5. The summed E-state index contributed by atoms with van der Waals surface area (Å²) in [6.07, 6.45) is 0.808. The summed E-state index contributed by atoms with van der Waals surface area (Å²) in [5.41, 5.74) is 0.793. The number of benzene rings is 2. The van der Waals surface area contributed by atoms with Gasteiger partial charge < -0.3 is 19.2 Å². The first-order chi connectivity index (χ1) is 16.5. The van der Waals surface area contributed by atoms with Crippen molar-refractivity contribution < 1.29 is 28.3 Å². The van der Waals surface area contributed by atoms with Crippen LogP contribution in [0.2, 0.25) is 5.02 Å². The lowest BCUT2D eigenvalue weighted by Gasteiger charge is -2.29. The first kappa shape index (κ1) is 23.4. The van der Waals surface area contributed by atoms with Crippen LogP contribution in [0.15, 0.2) is 59.0 Å². The van der Waals surface area contributed by atoms with Crippen LogP contribution in [0.25, 0.3) is 0 Å². The molecule has 0 saturated carbocycles. The number of amides is 2. The summed E-state index contributed by atoms with van der Waals surface area (Å²) in [6.45, 7) is 2.23. The lowest BCUT2D eigenvalue weighted by Crippen LogP contribution is -2.38. The Bertz CT molecular complexity index is 1220. The fourth-order valence-electron chi connectivity index (χ4n) is 3.40. The van der Waals surface area contributed by atoms with Crippen LogP contribution in [0.1, 0.15) is 40.0 Å². The maximum Gasteiger partial charge on any atom is 0.286 e. The van der Waals surface area contributed by atoms with Gasteiger partial charge in [-0.3, -0.25) is 19.3 Å². The standard InChI is InChI=1S/C25H23ClN2O6/c1-2-11-27-25(31)23-10-8-17(34-23)13-28-19-12-16(7-9-22(19)33-15-24(28)30)20(29)14-32-21-6-4-3-5-18(21)26/h3-10,12H,2,11,13-15H2,1H3,(H,27,31). The Morgan fingerprint density at radius 3 is 2.76 bits per heavy atom. The van der Waals surface area contributed by atoms with Crippen molar-refractivity contribution in [2.75, 3.05) is 24.7 Å². The van der Waals surface area contributed by atoms with E-state index in [0.29, 0.717) is 40.1 Å². The molecule has 0 unspecified atom stereocenters. The number of anilines is 1. The number of fused-ring (bicyclic) bond motifs is 1. The fourth-order valence-corrected chi connectivity index (χ4v) is 3.59. The number of rotatable bonds is 9. The number of ether oxygens (including phenoxy) is 2. The zero-order valence-electron chi connectivity index (χ0n) is 18.5. The molecule has 34 heavy (non-hydrogen) atoms. The second-order valence-corrected chi connectivity index (χ2v) is 8.02. The number of nitrogens with zero attached hydrogens (tertiary/aromatic N) is 1. The molecule has 0 saturated heterocycles. The summed E-state index contributed by atoms with van der Waals surface area (Å²) in [7, 11) is 0. The van der Waals surface area contributed by atoms with E-state index in [0.717, 1.165) is 6.42 Å². The Hall–Kier alpha value is -3.78. The van der Waals surface area contributed by atoms with Gasteiger partial charge in [-0.05, 0) is 48.9 Å². The molecule has 176 valence electrons. The van der Waals surface area contributed by atoms with Crippen LogP contribution >= 0.6 is 11.6 Å². The maximum absolute atomic E-state index is 12.8. The largest absolute Gasteiger partial charge is 0.484 e. The van der Waals surface area contributed by atoms with E-state index in [2.05, 4.69) is 5.32 Å². The van der Waals surface area contributed by atoms with Gasteiger partial charge in [-0.1, -0.05) is 30.7 Å². The van der Waals surface area contributed by atoms with Crippen LogP contribution in [0.4, 0.5) is 5.69 Å². The molecule has 0 fully saturated rings. The van der Waals surface area contributed by atoms with Gasteiger partial charge >= 0.3 is 0 Å². The van der Waals surface area contributed by atoms with E-state index in [1.54, 1.807) is 54.6 Å². The molecule has 0 radical (unpaired) electrons. The molecular formula is C25H23ClN2O6. The normalized spacial score (nSPS) is 12.6. The summed E-state index contributed by atoms with van der Waals surface area (Å²) in [5.74, 6) is 0.592. The highest BCUT2D eigenvalue weighted by Crippen LogP contribution is 2.34. The minimum absolute atomic E-state index is 0.0873. The van der Waals surface area contributed by atoms with Crippen LogP contribution in [-0.2, 0) is 11.3 Å². The van der Waals surface area contributed by atoms with Crippen molar-refractivity contribution in [1.29, 1.82) is 0 Å². The molecule has 0 bridgehead atoms. The Morgan fingerprint density at radius 1 is 1.15 bits per heavy atom. The lowest BCUT2D eigenvalue weighted by molar-refractivity contribution is -0.121. The summed E-state index contributed by atoms with van der Waals surface area (Å²) in [5, 5.41) is 3.16. The van der Waals surface area contributed by atoms with Gasteiger partial charge in [0.25, 0.3) is 11.8 Å².